The van der Waals surface area contributed by atoms with E-state index in [2.05, 4.69) is 0 Å². The number of sulfonamides is 1. The molecule has 0 aliphatic heterocycles. The van der Waals surface area contributed by atoms with Gasteiger partial charge < -0.3 is 0 Å². The molecule has 9 heteroatoms. The summed E-state index contributed by atoms with van der Waals surface area (Å²) in [5.74, 6) is -11.8. The van der Waals surface area contributed by atoms with Gasteiger partial charge in [0.15, 0.2) is 28.2 Å². The Bertz CT molecular complexity index is 529. The lowest BCUT2D eigenvalue weighted by Gasteiger charge is -2.08. The Morgan fingerprint density at radius 2 is 1.24 bits per heavy atom. The average Bonchev–Trinajstić information content (AvgIpc) is 2.23. The first-order valence-electron chi connectivity index (χ1n) is 4.25. The van der Waals surface area contributed by atoms with Gasteiger partial charge in [-0.15, -0.1) is 0 Å². The summed E-state index contributed by atoms with van der Waals surface area (Å²) in [4.78, 5) is -1.88. The first-order chi connectivity index (χ1) is 7.74. The van der Waals surface area contributed by atoms with Gasteiger partial charge in [-0.3, -0.25) is 0 Å². The maximum absolute atomic E-state index is 13.1. The summed E-state index contributed by atoms with van der Waals surface area (Å²) in [5.41, 5.74) is 0. The second-order valence-electron chi connectivity index (χ2n) is 2.90. The highest BCUT2D eigenvalue weighted by Crippen LogP contribution is 2.26. The van der Waals surface area contributed by atoms with E-state index in [4.69, 9.17) is 0 Å². The maximum Gasteiger partial charge on any atom is 0.246 e. The van der Waals surface area contributed by atoms with Crippen LogP contribution >= 0.6 is 0 Å². The van der Waals surface area contributed by atoms with Gasteiger partial charge in [-0.05, 0) is 0 Å². The molecule has 0 bridgehead atoms. The third-order valence-corrected chi connectivity index (χ3v) is 3.34. The minimum absolute atomic E-state index is 0.262. The van der Waals surface area contributed by atoms with Crippen molar-refractivity contribution in [2.45, 2.75) is 11.8 Å². The van der Waals surface area contributed by atoms with Crippen LogP contribution in [0.3, 0.4) is 0 Å². The summed E-state index contributed by atoms with van der Waals surface area (Å²) in [6, 6.07) is 0. The van der Waals surface area contributed by atoms with Crippen molar-refractivity contribution in [1.29, 1.82) is 0 Å². The van der Waals surface area contributed by atoms with Gasteiger partial charge in [0.2, 0.25) is 15.8 Å². The Balaban J connectivity index is 3.67. The number of halogens is 5. The first-order valence-corrected chi connectivity index (χ1v) is 5.73. The lowest BCUT2D eigenvalue weighted by Crippen LogP contribution is -2.26. The highest BCUT2D eigenvalue weighted by molar-refractivity contribution is 7.89. The fourth-order valence-corrected chi connectivity index (χ4v) is 2.26. The van der Waals surface area contributed by atoms with E-state index in [9.17, 15) is 30.4 Å². The van der Waals surface area contributed by atoms with Crippen molar-refractivity contribution in [1.82, 2.24) is 4.72 Å². The van der Waals surface area contributed by atoms with Crippen LogP contribution in [0.15, 0.2) is 4.90 Å². The summed E-state index contributed by atoms with van der Waals surface area (Å²) < 4.78 is 88.3. The Morgan fingerprint density at radius 3 is 1.59 bits per heavy atom. The largest absolute Gasteiger partial charge is 0.246 e. The molecular formula is C8H6F5NO2S. The normalized spacial score (nSPS) is 11.9. The van der Waals surface area contributed by atoms with Crippen molar-refractivity contribution in [3.63, 3.8) is 0 Å². The molecule has 1 aromatic rings. The molecule has 0 saturated carbocycles. The third-order valence-electron chi connectivity index (χ3n) is 1.77. The molecule has 3 nitrogen and oxygen atoms in total. The van der Waals surface area contributed by atoms with Crippen LogP contribution in [0.4, 0.5) is 22.0 Å². The number of nitrogens with one attached hydrogen (secondary N) is 1. The molecule has 17 heavy (non-hydrogen) atoms. The summed E-state index contributed by atoms with van der Waals surface area (Å²) in [6.07, 6.45) is 0. The van der Waals surface area contributed by atoms with Crippen LogP contribution in [-0.2, 0) is 10.0 Å². The average molecular weight is 275 g/mol. The molecule has 1 aromatic carbocycles. The molecule has 0 heterocycles. The maximum atomic E-state index is 13.1. The molecule has 96 valence electrons. The Hall–Kier alpha value is -1.22. The predicted octanol–water partition coefficient (Wildman–Crippen LogP) is 1.68. The van der Waals surface area contributed by atoms with Crippen LogP contribution in [0.1, 0.15) is 6.92 Å². The quantitative estimate of drug-likeness (QED) is 0.518. The Morgan fingerprint density at radius 1 is 0.882 bits per heavy atom. The van der Waals surface area contributed by atoms with Gasteiger partial charge in [0.05, 0.1) is 0 Å². The molecule has 0 unspecified atom stereocenters. The fourth-order valence-electron chi connectivity index (χ4n) is 1.08. The van der Waals surface area contributed by atoms with Crippen LogP contribution in [-0.4, -0.2) is 15.0 Å². The third kappa shape index (κ3) is 2.25. The SMILES string of the molecule is CCNS(=O)(=O)c1c(F)c(F)c(F)c(F)c1F. The van der Waals surface area contributed by atoms with E-state index in [0.717, 1.165) is 0 Å². The van der Waals surface area contributed by atoms with Crippen LogP contribution in [0.25, 0.3) is 0 Å². The lowest BCUT2D eigenvalue weighted by molar-refractivity contribution is 0.357. The van der Waals surface area contributed by atoms with E-state index in [1.54, 1.807) is 4.72 Å². The fraction of sp³-hybridized carbons (Fsp3) is 0.250. The van der Waals surface area contributed by atoms with Crippen LogP contribution in [0, 0.1) is 29.1 Å². The summed E-state index contributed by atoms with van der Waals surface area (Å²) in [6.45, 7) is 1.02. The molecule has 0 fully saturated rings. The van der Waals surface area contributed by atoms with Gasteiger partial charge in [-0.2, -0.15) is 0 Å². The van der Waals surface area contributed by atoms with E-state index in [0.29, 0.717) is 0 Å². The number of hydrogen-bond donors (Lipinski definition) is 1. The first kappa shape index (κ1) is 13.8. The summed E-state index contributed by atoms with van der Waals surface area (Å²) in [7, 11) is -4.78. The molecule has 0 aliphatic carbocycles. The van der Waals surface area contributed by atoms with Crippen LogP contribution in [0.2, 0.25) is 0 Å². The molecule has 0 aliphatic rings. The molecule has 1 rings (SSSR count). The molecule has 0 amide bonds. The van der Waals surface area contributed by atoms with Gasteiger partial charge in [-0.25, -0.2) is 35.1 Å². The molecular weight excluding hydrogens is 269 g/mol. The van der Waals surface area contributed by atoms with E-state index >= 15 is 0 Å². The van der Waals surface area contributed by atoms with Crippen molar-refractivity contribution >= 4 is 10.0 Å². The monoisotopic (exact) mass is 275 g/mol. The van der Waals surface area contributed by atoms with Gasteiger partial charge in [-0.1, -0.05) is 6.92 Å². The zero-order valence-corrected chi connectivity index (χ0v) is 9.14. The van der Waals surface area contributed by atoms with Gasteiger partial charge >= 0.3 is 0 Å². The number of hydrogen-bond acceptors (Lipinski definition) is 2. The van der Waals surface area contributed by atoms with Crippen molar-refractivity contribution < 1.29 is 30.4 Å². The topological polar surface area (TPSA) is 46.2 Å². The minimum atomic E-state index is -4.78. The Kier molecular flexibility index (Phi) is 3.72. The van der Waals surface area contributed by atoms with Gasteiger partial charge in [0.1, 0.15) is 0 Å². The molecule has 0 aromatic heterocycles. The second-order valence-corrected chi connectivity index (χ2v) is 4.60. The molecule has 0 spiro atoms. The number of rotatable bonds is 3. The smallest absolute Gasteiger partial charge is 0.211 e. The summed E-state index contributed by atoms with van der Waals surface area (Å²) >= 11 is 0. The summed E-state index contributed by atoms with van der Waals surface area (Å²) in [5, 5.41) is 0. The highest BCUT2D eigenvalue weighted by atomic mass is 32.2. The standard InChI is InChI=1S/C8H6F5NO2S/c1-2-14-17(15,16)8-6(12)4(10)3(9)5(11)7(8)13/h14H,2H2,1H3. The van der Waals surface area contributed by atoms with E-state index in [-0.39, 0.29) is 6.54 Å². The van der Waals surface area contributed by atoms with Crippen molar-refractivity contribution in [3.05, 3.63) is 29.1 Å². The highest BCUT2D eigenvalue weighted by Gasteiger charge is 2.32. The van der Waals surface area contributed by atoms with Gasteiger partial charge in [0, 0.05) is 6.54 Å². The van der Waals surface area contributed by atoms with Crippen molar-refractivity contribution in [3.8, 4) is 0 Å². The van der Waals surface area contributed by atoms with E-state index in [1.165, 1.54) is 6.92 Å². The minimum Gasteiger partial charge on any atom is -0.211 e. The zero-order valence-electron chi connectivity index (χ0n) is 8.32. The van der Waals surface area contributed by atoms with E-state index in [1.807, 2.05) is 0 Å². The lowest BCUT2D eigenvalue weighted by atomic mass is 10.3. The Labute approximate surface area is 93.3 Å². The molecule has 0 radical (unpaired) electrons. The molecule has 0 saturated heterocycles. The van der Waals surface area contributed by atoms with Crippen LogP contribution < -0.4 is 4.72 Å². The molecule has 1 N–H and O–H groups in total. The predicted molar refractivity (Wildman–Crippen MR) is 47.1 cm³/mol. The van der Waals surface area contributed by atoms with E-state index < -0.39 is 44.0 Å². The van der Waals surface area contributed by atoms with Crippen LogP contribution in [0.5, 0.6) is 0 Å². The van der Waals surface area contributed by atoms with Gasteiger partial charge in [0.25, 0.3) is 0 Å². The second kappa shape index (κ2) is 4.57. The zero-order chi connectivity index (χ0) is 13.4. The number of benzene rings is 1. The molecule has 0 atom stereocenters. The van der Waals surface area contributed by atoms with Crippen molar-refractivity contribution in [2.24, 2.45) is 0 Å². The van der Waals surface area contributed by atoms with Crippen molar-refractivity contribution in [2.75, 3.05) is 6.54 Å².